The molecule has 15 heavy (non-hydrogen) atoms. The molecule has 3 N–H and O–H groups in total. The Morgan fingerprint density at radius 1 is 1.47 bits per heavy atom. The van der Waals surface area contributed by atoms with E-state index in [9.17, 15) is 4.79 Å². The fraction of sp³-hybridized carbons (Fsp3) is 0.909. The normalized spacial score (nSPS) is 12.9. The predicted molar refractivity (Wildman–Crippen MR) is 61.3 cm³/mol. The number of hydrogen-bond acceptors (Lipinski definition) is 3. The van der Waals surface area contributed by atoms with E-state index in [1.807, 2.05) is 0 Å². The Kier molecular flexibility index (Phi) is 7.34. The van der Waals surface area contributed by atoms with Gasteiger partial charge >= 0.3 is 0 Å². The van der Waals surface area contributed by atoms with Gasteiger partial charge in [0.2, 0.25) is 5.91 Å². The second-order valence-corrected chi connectivity index (χ2v) is 4.47. The van der Waals surface area contributed by atoms with E-state index in [0.717, 1.165) is 6.42 Å². The summed E-state index contributed by atoms with van der Waals surface area (Å²) in [6, 6.07) is 0. The van der Waals surface area contributed by atoms with Crippen molar-refractivity contribution in [1.29, 1.82) is 0 Å². The number of rotatable bonds is 7. The van der Waals surface area contributed by atoms with Crippen LogP contribution in [0.4, 0.5) is 0 Å². The first kappa shape index (κ1) is 14.4. The molecule has 1 unspecified atom stereocenters. The monoisotopic (exact) mass is 216 g/mol. The minimum Gasteiger partial charge on any atom is -0.395 e. The van der Waals surface area contributed by atoms with Crippen LogP contribution in [-0.2, 0) is 4.79 Å². The first-order chi connectivity index (χ1) is 7.01. The highest BCUT2D eigenvalue weighted by atomic mass is 16.3. The molecule has 0 heterocycles. The van der Waals surface area contributed by atoms with Crippen molar-refractivity contribution in [3.63, 3.8) is 0 Å². The van der Waals surface area contributed by atoms with E-state index in [1.165, 1.54) is 0 Å². The fourth-order valence-corrected chi connectivity index (χ4v) is 1.61. The van der Waals surface area contributed by atoms with Gasteiger partial charge in [0, 0.05) is 20.0 Å². The molecule has 0 rings (SSSR count). The zero-order valence-corrected chi connectivity index (χ0v) is 10.1. The number of amides is 1. The molecule has 0 aliphatic carbocycles. The largest absolute Gasteiger partial charge is 0.395 e. The number of carbonyl (C=O) groups is 1. The summed E-state index contributed by atoms with van der Waals surface area (Å²) in [5.41, 5.74) is 5.62. The van der Waals surface area contributed by atoms with Gasteiger partial charge in [-0.05, 0) is 24.8 Å². The summed E-state index contributed by atoms with van der Waals surface area (Å²) in [5.74, 6) is 0.897. The Labute approximate surface area is 92.4 Å². The lowest BCUT2D eigenvalue weighted by Crippen LogP contribution is -2.32. The molecule has 0 saturated carbocycles. The van der Waals surface area contributed by atoms with Crippen molar-refractivity contribution in [2.45, 2.75) is 26.7 Å². The van der Waals surface area contributed by atoms with E-state index >= 15 is 0 Å². The summed E-state index contributed by atoms with van der Waals surface area (Å²) in [4.78, 5) is 13.2. The Balaban J connectivity index is 4.00. The van der Waals surface area contributed by atoms with Gasteiger partial charge in [0.25, 0.3) is 0 Å². The van der Waals surface area contributed by atoms with Gasteiger partial charge in [-0.2, -0.15) is 0 Å². The molecular weight excluding hydrogens is 192 g/mol. The van der Waals surface area contributed by atoms with Gasteiger partial charge < -0.3 is 15.7 Å². The van der Waals surface area contributed by atoms with Crippen molar-refractivity contribution in [2.75, 3.05) is 26.7 Å². The van der Waals surface area contributed by atoms with Crippen molar-refractivity contribution < 1.29 is 9.90 Å². The molecule has 1 amide bonds. The lowest BCUT2D eigenvalue weighted by Gasteiger charge is -2.21. The van der Waals surface area contributed by atoms with Gasteiger partial charge in [0.15, 0.2) is 0 Å². The lowest BCUT2D eigenvalue weighted by molar-refractivity contribution is -0.131. The van der Waals surface area contributed by atoms with Crippen molar-refractivity contribution in [1.82, 2.24) is 4.90 Å². The number of nitrogens with zero attached hydrogens (tertiary/aromatic N) is 1. The molecule has 0 aliphatic heterocycles. The van der Waals surface area contributed by atoms with Crippen LogP contribution in [0.15, 0.2) is 0 Å². The second-order valence-electron chi connectivity index (χ2n) is 4.47. The Morgan fingerprint density at radius 3 is 2.47 bits per heavy atom. The van der Waals surface area contributed by atoms with Gasteiger partial charge in [0.05, 0.1) is 6.61 Å². The first-order valence-electron chi connectivity index (χ1n) is 5.56. The van der Waals surface area contributed by atoms with Crippen LogP contribution in [0.2, 0.25) is 0 Å². The van der Waals surface area contributed by atoms with Crippen LogP contribution >= 0.6 is 0 Å². The van der Waals surface area contributed by atoms with Crippen LogP contribution in [0, 0.1) is 11.8 Å². The molecule has 1 atom stereocenters. The molecule has 4 heteroatoms. The topological polar surface area (TPSA) is 66.6 Å². The van der Waals surface area contributed by atoms with Gasteiger partial charge in [-0.15, -0.1) is 0 Å². The zero-order chi connectivity index (χ0) is 11.8. The number of likely N-dealkylation sites (N-methyl/N-ethyl adjacent to an activating group) is 1. The number of hydrogen-bond donors (Lipinski definition) is 2. The average molecular weight is 216 g/mol. The molecule has 0 saturated heterocycles. The van der Waals surface area contributed by atoms with E-state index in [4.69, 9.17) is 10.8 Å². The summed E-state index contributed by atoms with van der Waals surface area (Å²) in [6.07, 6.45) is 1.47. The Morgan fingerprint density at radius 2 is 2.07 bits per heavy atom. The van der Waals surface area contributed by atoms with Crippen molar-refractivity contribution >= 4 is 5.91 Å². The summed E-state index contributed by atoms with van der Waals surface area (Å²) >= 11 is 0. The van der Waals surface area contributed by atoms with Crippen molar-refractivity contribution in [2.24, 2.45) is 17.6 Å². The highest BCUT2D eigenvalue weighted by Gasteiger charge is 2.16. The third kappa shape index (κ3) is 6.47. The van der Waals surface area contributed by atoms with Crippen LogP contribution in [0.25, 0.3) is 0 Å². The van der Waals surface area contributed by atoms with Crippen LogP contribution in [-0.4, -0.2) is 42.7 Å². The van der Waals surface area contributed by atoms with Crippen LogP contribution in [0.1, 0.15) is 26.7 Å². The van der Waals surface area contributed by atoms with E-state index in [1.54, 1.807) is 11.9 Å². The predicted octanol–water partition coefficient (Wildman–Crippen LogP) is 0.448. The molecule has 4 nitrogen and oxygen atoms in total. The molecule has 0 bridgehead atoms. The molecule has 0 spiro atoms. The van der Waals surface area contributed by atoms with E-state index in [2.05, 4.69) is 13.8 Å². The zero-order valence-electron chi connectivity index (χ0n) is 10.1. The van der Waals surface area contributed by atoms with Gasteiger partial charge in [0.1, 0.15) is 0 Å². The number of carbonyl (C=O) groups excluding carboxylic acids is 1. The highest BCUT2D eigenvalue weighted by Crippen LogP contribution is 2.15. The van der Waals surface area contributed by atoms with Gasteiger partial charge in [-0.1, -0.05) is 13.8 Å². The van der Waals surface area contributed by atoms with E-state index < -0.39 is 0 Å². The molecule has 0 fully saturated rings. The summed E-state index contributed by atoms with van der Waals surface area (Å²) in [6.45, 7) is 5.23. The molecule has 0 aromatic carbocycles. The van der Waals surface area contributed by atoms with E-state index in [-0.39, 0.29) is 18.4 Å². The lowest BCUT2D eigenvalue weighted by atomic mass is 9.94. The number of nitrogens with two attached hydrogens (primary N) is 1. The molecule has 0 radical (unpaired) electrons. The summed E-state index contributed by atoms with van der Waals surface area (Å²) in [7, 11) is 1.71. The minimum absolute atomic E-state index is 0.0136. The Hall–Kier alpha value is -0.610. The molecule has 90 valence electrons. The second kappa shape index (κ2) is 7.65. The molecule has 0 aliphatic rings. The van der Waals surface area contributed by atoms with Crippen molar-refractivity contribution in [3.8, 4) is 0 Å². The number of aliphatic hydroxyl groups is 1. The van der Waals surface area contributed by atoms with Crippen LogP contribution in [0.3, 0.4) is 0 Å². The molecule has 0 aromatic rings. The Bertz CT molecular complexity index is 183. The maximum Gasteiger partial charge on any atom is 0.222 e. The third-order valence-corrected chi connectivity index (χ3v) is 2.46. The maximum atomic E-state index is 11.6. The fourth-order valence-electron chi connectivity index (χ4n) is 1.61. The standard InChI is InChI=1S/C11H24N2O2/c1-9(2)6-10(8-12)7-11(15)13(3)4-5-14/h9-10,14H,4-8,12H2,1-3H3. The minimum atomic E-state index is 0.0136. The van der Waals surface area contributed by atoms with Gasteiger partial charge in [-0.3, -0.25) is 4.79 Å². The first-order valence-corrected chi connectivity index (χ1v) is 5.56. The average Bonchev–Trinajstić information content (AvgIpc) is 2.16. The molecular formula is C11H24N2O2. The van der Waals surface area contributed by atoms with Crippen molar-refractivity contribution in [3.05, 3.63) is 0 Å². The smallest absolute Gasteiger partial charge is 0.222 e. The van der Waals surface area contributed by atoms with Crippen LogP contribution in [0.5, 0.6) is 0 Å². The highest BCUT2D eigenvalue weighted by molar-refractivity contribution is 5.76. The van der Waals surface area contributed by atoms with Crippen LogP contribution < -0.4 is 5.73 Å². The SMILES string of the molecule is CC(C)CC(CN)CC(=O)N(C)CCO. The summed E-state index contributed by atoms with van der Waals surface area (Å²) < 4.78 is 0. The summed E-state index contributed by atoms with van der Waals surface area (Å²) in [5, 5.41) is 8.70. The van der Waals surface area contributed by atoms with Gasteiger partial charge in [-0.25, -0.2) is 0 Å². The quantitative estimate of drug-likeness (QED) is 0.649. The number of aliphatic hydroxyl groups excluding tert-OH is 1. The molecule has 0 aromatic heterocycles. The third-order valence-electron chi connectivity index (χ3n) is 2.46. The maximum absolute atomic E-state index is 11.6. The van der Waals surface area contributed by atoms with E-state index in [0.29, 0.717) is 25.4 Å².